The first-order valence-electron chi connectivity index (χ1n) is 20.2. The van der Waals surface area contributed by atoms with Crippen LogP contribution in [0.2, 0.25) is 0 Å². The van der Waals surface area contributed by atoms with Crippen molar-refractivity contribution in [3.63, 3.8) is 0 Å². The number of hydrogen-bond acceptors (Lipinski definition) is 2. The summed E-state index contributed by atoms with van der Waals surface area (Å²) in [5, 5.41) is 2.30. The molecule has 0 radical (unpaired) electrons. The number of quaternary nitrogens is 2. The summed E-state index contributed by atoms with van der Waals surface area (Å²) in [6.45, 7) is 18.4. The number of rotatable bonds is 11. The third-order valence-electron chi connectivity index (χ3n) is 12.4. The molecule has 9 rings (SSSR count). The fourth-order valence-electron chi connectivity index (χ4n) is 9.26. The molecule has 6 heteroatoms. The van der Waals surface area contributed by atoms with Crippen LogP contribution in [0.1, 0.15) is 103 Å². The van der Waals surface area contributed by atoms with E-state index in [4.69, 9.17) is 9.72 Å². The number of benzene rings is 5. The Morgan fingerprint density at radius 1 is 0.679 bits per heavy atom. The van der Waals surface area contributed by atoms with Crippen molar-refractivity contribution in [1.82, 2.24) is 18.7 Å². The van der Waals surface area contributed by atoms with Gasteiger partial charge in [0.1, 0.15) is 5.82 Å². The number of hydrogen-bond donors (Lipinski definition) is 0. The van der Waals surface area contributed by atoms with Gasteiger partial charge in [-0.2, -0.15) is 10.7 Å². The van der Waals surface area contributed by atoms with Crippen LogP contribution in [0.4, 0.5) is 22.7 Å². The van der Waals surface area contributed by atoms with Crippen LogP contribution >= 0.6 is 0 Å². The van der Waals surface area contributed by atoms with Crippen LogP contribution in [0.3, 0.4) is 0 Å². The summed E-state index contributed by atoms with van der Waals surface area (Å²) in [4.78, 5) is 4.91. The molecule has 2 atom stereocenters. The van der Waals surface area contributed by atoms with Crippen molar-refractivity contribution in [2.75, 3.05) is 0 Å². The van der Waals surface area contributed by atoms with Gasteiger partial charge in [-0.05, 0) is 64.8 Å². The molecular weight excluding hydrogens is 868 g/mol. The van der Waals surface area contributed by atoms with Crippen molar-refractivity contribution in [2.24, 2.45) is 0 Å². The molecule has 56 heavy (non-hydrogen) atoms. The van der Waals surface area contributed by atoms with Gasteiger partial charge in [-0.15, -0.1) is 35.2 Å². The normalized spacial score (nSPS) is 18.4. The van der Waals surface area contributed by atoms with Crippen LogP contribution in [0.5, 0.6) is 11.5 Å². The third kappa shape index (κ3) is 5.80. The van der Waals surface area contributed by atoms with Crippen molar-refractivity contribution in [1.29, 1.82) is 0 Å². The van der Waals surface area contributed by atoms with Crippen molar-refractivity contribution in [2.45, 2.75) is 91.4 Å². The quantitative estimate of drug-likeness (QED) is 0.0734. The predicted octanol–water partition coefficient (Wildman–Crippen LogP) is 14.0. The fraction of sp³-hybridized carbons (Fsp3) is 0.280. The Labute approximate surface area is 347 Å². The minimum Gasteiger partial charge on any atom is -0.509 e. The number of ether oxygens (including phenoxy) is 1. The topological polar surface area (TPSA) is 27.1 Å². The van der Waals surface area contributed by atoms with Gasteiger partial charge in [0.2, 0.25) is 11.4 Å². The third-order valence-corrected chi connectivity index (χ3v) is 12.4. The minimum atomic E-state index is 0. The summed E-state index contributed by atoms with van der Waals surface area (Å²) in [6.07, 6.45) is 6.24. The number of aromatic nitrogens is 2. The zero-order valence-electron chi connectivity index (χ0n) is 33.5. The number of pyridine rings is 1. The van der Waals surface area contributed by atoms with Crippen LogP contribution in [0, 0.1) is 18.8 Å². The second-order valence-electron chi connectivity index (χ2n) is 16.5. The van der Waals surface area contributed by atoms with E-state index in [1.807, 2.05) is 6.20 Å². The Morgan fingerprint density at radius 3 is 2.11 bits per heavy atom. The fourth-order valence-corrected chi connectivity index (χ4v) is 9.26. The monoisotopic (exact) mass is 918 g/mol. The second-order valence-corrected chi connectivity index (χ2v) is 16.5. The number of fused-ring (bicyclic) bond motifs is 7. The van der Waals surface area contributed by atoms with E-state index in [1.54, 1.807) is 0 Å². The van der Waals surface area contributed by atoms with Crippen molar-refractivity contribution in [3.05, 3.63) is 151 Å². The Hall–Kier alpha value is -4.54. The van der Waals surface area contributed by atoms with Gasteiger partial charge in [-0.1, -0.05) is 115 Å². The maximum atomic E-state index is 6.89. The molecule has 0 bridgehead atoms. The molecule has 4 heterocycles. The van der Waals surface area contributed by atoms with Gasteiger partial charge in [0, 0.05) is 68.5 Å². The maximum Gasteiger partial charge on any atom is 0.225 e. The van der Waals surface area contributed by atoms with Crippen LogP contribution in [0.25, 0.3) is 27.6 Å². The summed E-state index contributed by atoms with van der Waals surface area (Å²) < 4.78 is 10.4. The Bertz CT molecular complexity index is 2580. The molecule has 1 fully saturated rings. The summed E-state index contributed by atoms with van der Waals surface area (Å²) in [5.41, 5.74) is 11.0. The van der Waals surface area contributed by atoms with E-state index in [9.17, 15) is 0 Å². The summed E-state index contributed by atoms with van der Waals surface area (Å²) in [6, 6.07) is 47.4. The molecule has 5 aromatic carbocycles. The van der Waals surface area contributed by atoms with E-state index in [0.717, 1.165) is 53.6 Å². The SMILES string of the molecule is CCC(CC)c1cc(Oc2[c-]c3c(cc2)c2ccccc2n3-c2cc(C(CC)CC)ccn2)[c-]c([N+]23[CH-][N@+]2(c2cccc(C(C)(C)C)c2)c2ccccc23)c1.[Pt]. The first-order valence-corrected chi connectivity index (χ1v) is 20.2. The standard InChI is InChI=1S/C50H51N4O.Pt/c1-8-34(9-2)36-25-26-51-49(29-36)52-45-20-13-12-19-43(45)44-24-23-41(32-46(44)52)55-42-28-37(35(10-3)11-4)27-40(31-42)54-33-53(54,47-21-14-15-22-48(47)54)39-18-16-17-38(30-39)50(5,6)7;/h12-30,33-35H,8-11H2,1-7H3;/q-1;/t53-,54?;/m0./s1. The molecule has 7 aromatic rings. The molecule has 0 N–H and O–H groups in total. The van der Waals surface area contributed by atoms with Gasteiger partial charge in [0.25, 0.3) is 0 Å². The van der Waals surface area contributed by atoms with E-state index >= 15 is 0 Å². The first-order chi connectivity index (χ1) is 26.7. The zero-order valence-corrected chi connectivity index (χ0v) is 35.8. The molecule has 0 saturated carbocycles. The van der Waals surface area contributed by atoms with Gasteiger partial charge < -0.3 is 9.30 Å². The number of nitrogens with zero attached hydrogens (tertiary/aromatic N) is 4. The molecular formula is C50H51N4OPt-. The van der Waals surface area contributed by atoms with Crippen molar-refractivity contribution >= 4 is 44.6 Å². The molecule has 0 aliphatic carbocycles. The molecule has 2 aliphatic rings. The maximum absolute atomic E-state index is 6.89. The van der Waals surface area contributed by atoms with Gasteiger partial charge in [-0.3, -0.25) is 0 Å². The Kier molecular flexibility index (Phi) is 9.88. The summed E-state index contributed by atoms with van der Waals surface area (Å²) >= 11 is 0. The second kappa shape index (κ2) is 14.4. The van der Waals surface area contributed by atoms with Crippen LogP contribution in [-0.4, -0.2) is 9.55 Å². The molecule has 2 aromatic heterocycles. The largest absolute Gasteiger partial charge is 0.509 e. The van der Waals surface area contributed by atoms with Crippen LogP contribution < -0.4 is 13.9 Å². The Morgan fingerprint density at radius 2 is 1.38 bits per heavy atom. The van der Waals surface area contributed by atoms with Gasteiger partial charge in [-0.25, -0.2) is 9.58 Å². The average molecular weight is 919 g/mol. The van der Waals surface area contributed by atoms with Gasteiger partial charge in [0.15, 0.2) is 12.4 Å². The molecule has 2 aliphatic heterocycles. The predicted molar refractivity (Wildman–Crippen MR) is 228 cm³/mol. The zero-order chi connectivity index (χ0) is 38.1. The molecule has 5 nitrogen and oxygen atoms in total. The number of para-hydroxylation sites is 3. The minimum absolute atomic E-state index is 0. The Balaban J connectivity index is 0.00000441. The molecule has 1 unspecified atom stereocenters. The van der Waals surface area contributed by atoms with Crippen LogP contribution in [-0.2, 0) is 26.5 Å². The van der Waals surface area contributed by atoms with Gasteiger partial charge in [0.05, 0.1) is 5.69 Å². The average Bonchev–Trinajstić information content (AvgIpc) is 3.69. The van der Waals surface area contributed by atoms with Crippen molar-refractivity contribution in [3.8, 4) is 17.3 Å². The van der Waals surface area contributed by atoms with E-state index in [1.165, 1.54) is 39.1 Å². The summed E-state index contributed by atoms with van der Waals surface area (Å²) in [5.74, 6) is 3.18. The molecule has 1 saturated heterocycles. The smallest absolute Gasteiger partial charge is 0.225 e. The van der Waals surface area contributed by atoms with E-state index in [-0.39, 0.29) is 26.5 Å². The van der Waals surface area contributed by atoms with E-state index in [2.05, 4.69) is 181 Å². The van der Waals surface area contributed by atoms with E-state index in [0.29, 0.717) is 32.5 Å². The molecule has 288 valence electrons. The summed E-state index contributed by atoms with van der Waals surface area (Å²) in [7, 11) is 0. The first kappa shape index (κ1) is 38.3. The van der Waals surface area contributed by atoms with Crippen LogP contribution in [0.15, 0.2) is 115 Å². The van der Waals surface area contributed by atoms with E-state index < -0.39 is 0 Å². The molecule has 0 spiro atoms. The van der Waals surface area contributed by atoms with Gasteiger partial charge >= 0.3 is 0 Å². The molecule has 0 amide bonds. The van der Waals surface area contributed by atoms with Crippen molar-refractivity contribution < 1.29 is 25.8 Å².